The summed E-state index contributed by atoms with van der Waals surface area (Å²) in [4.78, 5) is 6.11. The van der Waals surface area contributed by atoms with Gasteiger partial charge in [-0.25, -0.2) is 17.2 Å². The van der Waals surface area contributed by atoms with Gasteiger partial charge in [-0.1, -0.05) is 35.2 Å². The van der Waals surface area contributed by atoms with Crippen LogP contribution in [-0.4, -0.2) is 8.42 Å². The Hall–Kier alpha value is -1.83. The van der Waals surface area contributed by atoms with Crippen LogP contribution < -0.4 is 4.89 Å². The van der Waals surface area contributed by atoms with Crippen molar-refractivity contribution in [3.8, 4) is 0 Å². The maximum absolute atomic E-state index is 13.0. The Kier molecular flexibility index (Phi) is 4.43. The summed E-state index contributed by atoms with van der Waals surface area (Å²) in [5.74, 6) is -1.96. The van der Waals surface area contributed by atoms with E-state index in [1.165, 1.54) is 0 Å². The molecule has 4 nitrogen and oxygen atoms in total. The summed E-state index contributed by atoms with van der Waals surface area (Å²) in [6.45, 7) is -0.00212. The highest BCUT2D eigenvalue weighted by Gasteiger charge is 2.16. The van der Waals surface area contributed by atoms with Crippen LogP contribution in [0.25, 0.3) is 0 Å². The first-order valence-corrected chi connectivity index (χ1v) is 7.09. The Balaban J connectivity index is 2.04. The third-order valence-electron chi connectivity index (χ3n) is 2.40. The van der Waals surface area contributed by atoms with E-state index in [9.17, 15) is 17.2 Å². The van der Waals surface area contributed by atoms with Gasteiger partial charge < -0.3 is 0 Å². The monoisotopic (exact) mass is 299 g/mol. The third kappa shape index (κ3) is 3.83. The first-order valence-electron chi connectivity index (χ1n) is 5.61. The lowest BCUT2D eigenvalue weighted by Crippen LogP contribution is -2.24. The van der Waals surface area contributed by atoms with E-state index < -0.39 is 26.6 Å². The number of halogens is 2. The molecule has 0 saturated heterocycles. The zero-order valence-corrected chi connectivity index (χ0v) is 11.0. The fraction of sp³-hybridized carbons (Fsp3) is 0.0769. The normalized spacial score (nSPS) is 11.5. The van der Waals surface area contributed by atoms with E-state index in [1.807, 2.05) is 11.0 Å². The van der Waals surface area contributed by atoms with Crippen LogP contribution in [0.3, 0.4) is 0 Å². The molecule has 0 atom stereocenters. The fourth-order valence-corrected chi connectivity index (χ4v) is 2.34. The van der Waals surface area contributed by atoms with Gasteiger partial charge in [-0.05, 0) is 17.7 Å². The van der Waals surface area contributed by atoms with Gasteiger partial charge in [-0.2, -0.15) is 0 Å². The molecule has 0 spiro atoms. The quantitative estimate of drug-likeness (QED) is 0.862. The molecule has 0 heterocycles. The van der Waals surface area contributed by atoms with Gasteiger partial charge in [0.2, 0.25) is 0 Å². The van der Waals surface area contributed by atoms with Gasteiger partial charge in [0, 0.05) is 6.07 Å². The molecular formula is C13H11F2NO3S. The Labute approximate surface area is 115 Å². The minimum absolute atomic E-state index is 0.00212. The van der Waals surface area contributed by atoms with Crippen molar-refractivity contribution < 1.29 is 22.0 Å². The van der Waals surface area contributed by atoms with E-state index in [0.29, 0.717) is 18.2 Å². The Morgan fingerprint density at radius 2 is 1.60 bits per heavy atom. The SMILES string of the molecule is O=S(=O)(NOCc1ccccc1)c1cc(F)cc(F)c1. The second kappa shape index (κ2) is 6.08. The van der Waals surface area contributed by atoms with Crippen LogP contribution in [0.15, 0.2) is 53.4 Å². The molecule has 0 radical (unpaired) electrons. The summed E-state index contributed by atoms with van der Waals surface area (Å²) in [5, 5.41) is 0. The van der Waals surface area contributed by atoms with E-state index in [4.69, 9.17) is 4.84 Å². The molecule has 0 aliphatic rings. The van der Waals surface area contributed by atoms with Crippen molar-refractivity contribution in [2.45, 2.75) is 11.5 Å². The van der Waals surface area contributed by atoms with Crippen molar-refractivity contribution in [3.05, 3.63) is 65.7 Å². The van der Waals surface area contributed by atoms with Crippen LogP contribution in [0.2, 0.25) is 0 Å². The molecule has 0 aliphatic carbocycles. The minimum Gasteiger partial charge on any atom is -0.282 e. The van der Waals surface area contributed by atoms with Crippen molar-refractivity contribution in [2.75, 3.05) is 0 Å². The van der Waals surface area contributed by atoms with E-state index >= 15 is 0 Å². The van der Waals surface area contributed by atoms with Crippen molar-refractivity contribution >= 4 is 10.0 Å². The first-order chi connectivity index (χ1) is 9.47. The lowest BCUT2D eigenvalue weighted by molar-refractivity contribution is 0.0795. The average Bonchev–Trinajstić information content (AvgIpc) is 2.38. The zero-order valence-electron chi connectivity index (χ0n) is 10.2. The second-order valence-corrected chi connectivity index (χ2v) is 5.61. The van der Waals surface area contributed by atoms with E-state index in [0.717, 1.165) is 5.56 Å². The predicted octanol–water partition coefficient (Wildman–Crippen LogP) is 2.37. The molecule has 20 heavy (non-hydrogen) atoms. The molecule has 2 aromatic carbocycles. The van der Waals surface area contributed by atoms with Gasteiger partial charge in [0.25, 0.3) is 10.0 Å². The lowest BCUT2D eigenvalue weighted by Gasteiger charge is -2.07. The summed E-state index contributed by atoms with van der Waals surface area (Å²) in [6, 6.07) is 10.8. The van der Waals surface area contributed by atoms with Crippen molar-refractivity contribution in [2.24, 2.45) is 0 Å². The zero-order chi connectivity index (χ0) is 14.6. The molecule has 2 rings (SSSR count). The van der Waals surface area contributed by atoms with E-state index in [2.05, 4.69) is 0 Å². The molecule has 0 aliphatic heterocycles. The number of benzene rings is 2. The van der Waals surface area contributed by atoms with Gasteiger partial charge in [-0.3, -0.25) is 4.84 Å². The number of hydrogen-bond donors (Lipinski definition) is 1. The van der Waals surface area contributed by atoms with Gasteiger partial charge in [0.15, 0.2) is 0 Å². The van der Waals surface area contributed by atoms with Gasteiger partial charge in [-0.15, -0.1) is 0 Å². The molecule has 7 heteroatoms. The number of hydrogen-bond acceptors (Lipinski definition) is 3. The van der Waals surface area contributed by atoms with Crippen LogP contribution in [-0.2, 0) is 21.5 Å². The molecular weight excluding hydrogens is 288 g/mol. The summed E-state index contributed by atoms with van der Waals surface area (Å²) in [5.41, 5.74) is 0.751. The van der Waals surface area contributed by atoms with Gasteiger partial charge in [0.1, 0.15) is 11.6 Å². The highest BCUT2D eigenvalue weighted by molar-refractivity contribution is 7.89. The first kappa shape index (κ1) is 14.6. The fourth-order valence-electron chi connectivity index (χ4n) is 1.50. The van der Waals surface area contributed by atoms with Crippen molar-refractivity contribution in [1.29, 1.82) is 0 Å². The standard InChI is InChI=1S/C13H11F2NO3S/c14-11-6-12(15)8-13(7-11)20(17,18)16-19-9-10-4-2-1-3-5-10/h1-8,16H,9H2. The molecule has 106 valence electrons. The maximum atomic E-state index is 13.0. The number of rotatable bonds is 5. The average molecular weight is 299 g/mol. The third-order valence-corrected chi connectivity index (χ3v) is 3.59. The van der Waals surface area contributed by atoms with Crippen LogP contribution in [0.4, 0.5) is 8.78 Å². The Morgan fingerprint density at radius 3 is 2.20 bits per heavy atom. The van der Waals surface area contributed by atoms with Crippen molar-refractivity contribution in [3.63, 3.8) is 0 Å². The molecule has 0 bridgehead atoms. The predicted molar refractivity (Wildman–Crippen MR) is 67.9 cm³/mol. The summed E-state index contributed by atoms with van der Waals surface area (Å²) >= 11 is 0. The lowest BCUT2D eigenvalue weighted by atomic mass is 10.2. The molecule has 0 unspecified atom stereocenters. The molecule has 0 amide bonds. The molecule has 0 aromatic heterocycles. The number of nitrogens with one attached hydrogen (secondary N) is 1. The Morgan fingerprint density at radius 1 is 1.00 bits per heavy atom. The van der Waals surface area contributed by atoms with Crippen LogP contribution in [0.1, 0.15) is 5.56 Å². The van der Waals surface area contributed by atoms with Crippen molar-refractivity contribution in [1.82, 2.24) is 4.89 Å². The largest absolute Gasteiger partial charge is 0.282 e. The molecule has 1 N–H and O–H groups in total. The molecule has 0 saturated carbocycles. The van der Waals surface area contributed by atoms with Crippen LogP contribution in [0, 0.1) is 11.6 Å². The second-order valence-electron chi connectivity index (χ2n) is 3.97. The summed E-state index contributed by atoms with van der Waals surface area (Å²) < 4.78 is 49.5. The van der Waals surface area contributed by atoms with Gasteiger partial charge >= 0.3 is 0 Å². The molecule has 0 fully saturated rings. The van der Waals surface area contributed by atoms with Crippen LogP contribution in [0.5, 0.6) is 0 Å². The summed E-state index contributed by atoms with van der Waals surface area (Å²) in [6.07, 6.45) is 0. The Bertz CT molecular complexity index is 670. The highest BCUT2D eigenvalue weighted by atomic mass is 32.2. The van der Waals surface area contributed by atoms with E-state index in [1.54, 1.807) is 24.3 Å². The topological polar surface area (TPSA) is 55.4 Å². The highest BCUT2D eigenvalue weighted by Crippen LogP contribution is 2.13. The summed E-state index contributed by atoms with van der Waals surface area (Å²) in [7, 11) is -4.13. The van der Waals surface area contributed by atoms with E-state index in [-0.39, 0.29) is 6.61 Å². The van der Waals surface area contributed by atoms with Crippen LogP contribution >= 0.6 is 0 Å². The smallest absolute Gasteiger partial charge is 0.262 e. The molecule has 2 aromatic rings. The number of sulfonamides is 1. The maximum Gasteiger partial charge on any atom is 0.262 e. The minimum atomic E-state index is -4.13. The van der Waals surface area contributed by atoms with Gasteiger partial charge in [0.05, 0.1) is 11.5 Å².